The molecule has 1 aromatic carbocycles. The highest BCUT2D eigenvalue weighted by molar-refractivity contribution is 7.10. The Hall–Kier alpha value is -1.74. The molecule has 0 fully saturated rings. The molecule has 4 rings (SSSR count). The predicted octanol–water partition coefficient (Wildman–Crippen LogP) is 5.08. The standard InChI is InChI=1S/C21H23NOS/c1-4-21(14-8-6-5-7-9-14)18-15(12-16-19(21)24-13-22-16)20(2,3)11-10-17(18)23/h5-9,13H,4,10-12H2,1-3H3/t21-/m0/s1. The second-order valence-corrected chi connectivity index (χ2v) is 8.45. The lowest BCUT2D eigenvalue weighted by Crippen LogP contribution is -2.42. The second-order valence-electron chi connectivity index (χ2n) is 7.59. The summed E-state index contributed by atoms with van der Waals surface area (Å²) in [6, 6.07) is 10.6. The van der Waals surface area contributed by atoms with Gasteiger partial charge >= 0.3 is 0 Å². The quantitative estimate of drug-likeness (QED) is 0.765. The molecule has 124 valence electrons. The lowest BCUT2D eigenvalue weighted by atomic mass is 9.57. The Morgan fingerprint density at radius 1 is 1.21 bits per heavy atom. The number of carbonyl (C=O) groups excluding carboxylic acids is 1. The number of aromatic nitrogens is 1. The van der Waals surface area contributed by atoms with Crippen molar-refractivity contribution in [1.29, 1.82) is 0 Å². The molecular formula is C21H23NOS. The summed E-state index contributed by atoms with van der Waals surface area (Å²) in [6.07, 6.45) is 3.33. The summed E-state index contributed by atoms with van der Waals surface area (Å²) < 4.78 is 0. The topological polar surface area (TPSA) is 30.0 Å². The number of hydrogen-bond acceptors (Lipinski definition) is 3. The lowest BCUT2D eigenvalue weighted by molar-refractivity contribution is -0.117. The van der Waals surface area contributed by atoms with E-state index in [4.69, 9.17) is 0 Å². The van der Waals surface area contributed by atoms with E-state index in [-0.39, 0.29) is 10.8 Å². The summed E-state index contributed by atoms with van der Waals surface area (Å²) in [7, 11) is 0. The van der Waals surface area contributed by atoms with Crippen LogP contribution in [-0.2, 0) is 16.6 Å². The van der Waals surface area contributed by atoms with Crippen LogP contribution in [0.15, 0.2) is 47.0 Å². The number of Topliss-reactive ketones (excluding diaryl/α,β-unsaturated/α-hetero) is 1. The SMILES string of the molecule is CC[C@]1(c2ccccc2)C2=C(Cc3ncsc31)C(C)(C)CCC2=O. The van der Waals surface area contributed by atoms with Crippen LogP contribution < -0.4 is 0 Å². The molecule has 2 aromatic rings. The maximum Gasteiger partial charge on any atom is 0.160 e. The molecule has 0 radical (unpaired) electrons. The van der Waals surface area contributed by atoms with Crippen LogP contribution in [0.1, 0.15) is 56.2 Å². The Kier molecular flexibility index (Phi) is 3.54. The van der Waals surface area contributed by atoms with E-state index in [9.17, 15) is 4.79 Å². The number of nitrogens with zero attached hydrogens (tertiary/aromatic N) is 1. The van der Waals surface area contributed by atoms with Crippen LogP contribution >= 0.6 is 11.3 Å². The molecule has 0 N–H and O–H groups in total. The predicted molar refractivity (Wildman–Crippen MR) is 98.4 cm³/mol. The highest BCUT2D eigenvalue weighted by Gasteiger charge is 2.50. The Morgan fingerprint density at radius 3 is 2.67 bits per heavy atom. The molecule has 0 bridgehead atoms. The Balaban J connectivity index is 2.09. The van der Waals surface area contributed by atoms with E-state index in [1.807, 2.05) is 11.6 Å². The Bertz CT molecular complexity index is 831. The molecule has 0 aliphatic heterocycles. The van der Waals surface area contributed by atoms with Crippen molar-refractivity contribution in [2.75, 3.05) is 0 Å². The van der Waals surface area contributed by atoms with Crippen LogP contribution in [0, 0.1) is 5.41 Å². The van der Waals surface area contributed by atoms with Crippen molar-refractivity contribution < 1.29 is 4.79 Å². The third-order valence-electron chi connectivity index (χ3n) is 5.97. The van der Waals surface area contributed by atoms with E-state index in [0.29, 0.717) is 12.2 Å². The van der Waals surface area contributed by atoms with E-state index in [1.165, 1.54) is 21.7 Å². The van der Waals surface area contributed by atoms with Gasteiger partial charge in [-0.2, -0.15) is 0 Å². The first-order chi connectivity index (χ1) is 11.5. The Morgan fingerprint density at radius 2 is 1.96 bits per heavy atom. The zero-order valence-corrected chi connectivity index (χ0v) is 15.4. The largest absolute Gasteiger partial charge is 0.295 e. The molecule has 2 aliphatic carbocycles. The lowest BCUT2D eigenvalue weighted by Gasteiger charge is -2.46. The smallest absolute Gasteiger partial charge is 0.160 e. The molecule has 2 nitrogen and oxygen atoms in total. The van der Waals surface area contributed by atoms with Gasteiger partial charge in [0, 0.05) is 23.3 Å². The van der Waals surface area contributed by atoms with Gasteiger partial charge in [-0.25, -0.2) is 4.98 Å². The molecule has 1 heterocycles. The van der Waals surface area contributed by atoms with E-state index in [1.54, 1.807) is 11.3 Å². The molecule has 2 aliphatic rings. The maximum absolute atomic E-state index is 13.1. The molecule has 0 unspecified atom stereocenters. The minimum absolute atomic E-state index is 0.0692. The summed E-state index contributed by atoms with van der Waals surface area (Å²) in [5, 5.41) is 0. The van der Waals surface area contributed by atoms with Crippen LogP contribution in [0.2, 0.25) is 0 Å². The molecule has 1 atom stereocenters. The van der Waals surface area contributed by atoms with Crippen molar-refractivity contribution in [3.63, 3.8) is 0 Å². The van der Waals surface area contributed by atoms with Crippen molar-refractivity contribution >= 4 is 17.1 Å². The van der Waals surface area contributed by atoms with E-state index >= 15 is 0 Å². The number of fused-ring (bicyclic) bond motifs is 1. The van der Waals surface area contributed by atoms with Crippen molar-refractivity contribution in [2.45, 2.75) is 51.9 Å². The number of benzene rings is 1. The molecule has 0 saturated heterocycles. The summed E-state index contributed by atoms with van der Waals surface area (Å²) in [6.45, 7) is 6.79. The van der Waals surface area contributed by atoms with Crippen LogP contribution in [0.4, 0.5) is 0 Å². The second kappa shape index (κ2) is 5.38. The van der Waals surface area contributed by atoms with Gasteiger partial charge in [0.1, 0.15) is 0 Å². The summed E-state index contributed by atoms with van der Waals surface area (Å²) in [5.41, 5.74) is 6.50. The van der Waals surface area contributed by atoms with Gasteiger partial charge in [0.2, 0.25) is 0 Å². The highest BCUT2D eigenvalue weighted by Crippen LogP contribution is 2.56. The van der Waals surface area contributed by atoms with Crippen LogP contribution in [0.5, 0.6) is 0 Å². The average molecular weight is 337 g/mol. The van der Waals surface area contributed by atoms with Gasteiger partial charge in [0.05, 0.1) is 16.6 Å². The molecule has 24 heavy (non-hydrogen) atoms. The maximum atomic E-state index is 13.1. The molecule has 0 saturated carbocycles. The third kappa shape index (κ3) is 2.00. The molecular weight excluding hydrogens is 314 g/mol. The molecule has 3 heteroatoms. The zero-order chi connectivity index (χ0) is 16.9. The van der Waals surface area contributed by atoms with Crippen molar-refractivity contribution in [3.8, 4) is 0 Å². The van der Waals surface area contributed by atoms with Crippen LogP contribution in [0.25, 0.3) is 0 Å². The van der Waals surface area contributed by atoms with Crippen molar-refractivity contribution in [1.82, 2.24) is 4.98 Å². The van der Waals surface area contributed by atoms with E-state index in [2.05, 4.69) is 50.0 Å². The molecule has 1 aromatic heterocycles. The first-order valence-corrected chi connectivity index (χ1v) is 9.64. The fourth-order valence-electron chi connectivity index (χ4n) is 4.59. The summed E-state index contributed by atoms with van der Waals surface area (Å²) in [5.74, 6) is 0.342. The van der Waals surface area contributed by atoms with Crippen molar-refractivity contribution in [3.05, 3.63) is 63.1 Å². The highest BCUT2D eigenvalue weighted by atomic mass is 32.1. The van der Waals surface area contributed by atoms with E-state index in [0.717, 1.165) is 24.8 Å². The zero-order valence-electron chi connectivity index (χ0n) is 14.6. The third-order valence-corrected chi connectivity index (χ3v) is 7.00. The molecule has 0 amide bonds. The first kappa shape index (κ1) is 15.8. The monoisotopic (exact) mass is 337 g/mol. The van der Waals surface area contributed by atoms with Crippen LogP contribution in [0.3, 0.4) is 0 Å². The number of hydrogen-bond donors (Lipinski definition) is 0. The minimum atomic E-state index is -0.319. The number of allylic oxidation sites excluding steroid dienone is 2. The number of rotatable bonds is 2. The van der Waals surface area contributed by atoms with E-state index < -0.39 is 0 Å². The van der Waals surface area contributed by atoms with Crippen LogP contribution in [-0.4, -0.2) is 10.8 Å². The number of thiazole rings is 1. The summed E-state index contributed by atoms with van der Waals surface area (Å²) in [4.78, 5) is 19.1. The summed E-state index contributed by atoms with van der Waals surface area (Å²) >= 11 is 1.71. The van der Waals surface area contributed by atoms with Gasteiger partial charge in [0.25, 0.3) is 0 Å². The minimum Gasteiger partial charge on any atom is -0.295 e. The number of ketones is 1. The fourth-order valence-corrected chi connectivity index (χ4v) is 5.71. The van der Waals surface area contributed by atoms with Gasteiger partial charge in [-0.3, -0.25) is 4.79 Å². The van der Waals surface area contributed by atoms with Gasteiger partial charge in [-0.05, 0) is 23.8 Å². The van der Waals surface area contributed by atoms with Gasteiger partial charge in [0.15, 0.2) is 5.78 Å². The normalized spacial score (nSPS) is 25.4. The van der Waals surface area contributed by atoms with Crippen molar-refractivity contribution in [2.24, 2.45) is 5.41 Å². The van der Waals surface area contributed by atoms with Gasteiger partial charge in [-0.1, -0.05) is 56.7 Å². The van der Waals surface area contributed by atoms with Gasteiger partial charge < -0.3 is 0 Å². The average Bonchev–Trinajstić information content (AvgIpc) is 3.06. The fraction of sp³-hybridized carbons (Fsp3) is 0.429. The Labute approximate surface area is 147 Å². The molecule has 0 spiro atoms. The first-order valence-electron chi connectivity index (χ1n) is 8.76. The van der Waals surface area contributed by atoms with Gasteiger partial charge in [-0.15, -0.1) is 11.3 Å². The number of carbonyl (C=O) groups is 1.